The number of amides is 1. The first-order valence-electron chi connectivity index (χ1n) is 9.39. The maximum absolute atomic E-state index is 15.2. The number of carbonyl (C=O) groups excluding carboxylic acids is 1. The highest BCUT2D eigenvalue weighted by Gasteiger charge is 2.46. The fraction of sp³-hybridized carbons (Fsp3) is 0.611. The van der Waals surface area contributed by atoms with Crippen LogP contribution in [0, 0.1) is 11.2 Å². The molecule has 1 aliphatic carbocycles. The number of benzene rings is 1. The molecule has 3 N–H and O–H groups in total. The predicted octanol–water partition coefficient (Wildman–Crippen LogP) is 2.14. The Morgan fingerprint density at radius 2 is 2.00 bits per heavy atom. The lowest BCUT2D eigenvalue weighted by molar-refractivity contribution is -0.213. The van der Waals surface area contributed by atoms with Crippen LogP contribution in [0.5, 0.6) is 5.75 Å². The van der Waals surface area contributed by atoms with Crippen LogP contribution in [-0.2, 0) is 27.8 Å². The van der Waals surface area contributed by atoms with Gasteiger partial charge < -0.3 is 10.4 Å². The lowest BCUT2D eigenvalue weighted by Gasteiger charge is -2.31. The lowest BCUT2D eigenvalue weighted by Crippen LogP contribution is -2.40. The van der Waals surface area contributed by atoms with Gasteiger partial charge in [-0.3, -0.25) is 4.79 Å². The number of phenols is 1. The predicted molar refractivity (Wildman–Crippen MR) is 101 cm³/mol. The van der Waals surface area contributed by atoms with Crippen LogP contribution >= 0.6 is 0 Å². The molecule has 1 fully saturated rings. The fourth-order valence-electron chi connectivity index (χ4n) is 3.63. The molecule has 0 saturated carbocycles. The monoisotopic (exact) mass is 453 g/mol. The molecule has 1 amide bonds. The van der Waals surface area contributed by atoms with Crippen molar-refractivity contribution in [2.75, 3.05) is 17.4 Å². The van der Waals surface area contributed by atoms with Crippen molar-refractivity contribution in [1.29, 1.82) is 0 Å². The van der Waals surface area contributed by atoms with Crippen molar-refractivity contribution >= 4 is 21.8 Å². The third-order valence-corrected chi connectivity index (χ3v) is 7.02. The quantitative estimate of drug-likeness (QED) is 0.594. The van der Waals surface area contributed by atoms with Crippen LogP contribution in [0.1, 0.15) is 37.8 Å². The molecule has 0 aromatic heterocycles. The number of rotatable bonds is 5. The summed E-state index contributed by atoms with van der Waals surface area (Å²) in [6, 6.07) is 0.970. The third-order valence-electron chi connectivity index (χ3n) is 5.65. The minimum atomic E-state index is -4.33. The molecule has 0 radical (unpaired) electrons. The van der Waals surface area contributed by atoms with Crippen molar-refractivity contribution in [3.8, 4) is 5.75 Å². The van der Waals surface area contributed by atoms with Gasteiger partial charge in [0.15, 0.2) is 5.82 Å². The molecule has 0 spiro atoms. The van der Waals surface area contributed by atoms with Crippen molar-refractivity contribution < 1.29 is 35.9 Å². The van der Waals surface area contributed by atoms with Crippen LogP contribution in [0.25, 0.3) is 0 Å². The van der Waals surface area contributed by atoms with Gasteiger partial charge in [0, 0.05) is 6.04 Å². The number of anilines is 1. The Bertz CT molecular complexity index is 963. The number of alkyl halides is 3. The number of hydrogen-bond acceptors (Lipinski definition) is 5. The van der Waals surface area contributed by atoms with Gasteiger partial charge in [-0.2, -0.15) is 21.6 Å². The Kier molecular flexibility index (Phi) is 5.69. The Balaban J connectivity index is 1.78. The summed E-state index contributed by atoms with van der Waals surface area (Å²) in [6.45, 7) is 1.66. The number of hydrogen-bond donors (Lipinski definition) is 3. The van der Waals surface area contributed by atoms with Crippen LogP contribution in [0.4, 0.5) is 23.2 Å². The largest absolute Gasteiger partial charge is 0.506 e. The Hall–Kier alpha value is -2.08. The maximum Gasteiger partial charge on any atom is 0.394 e. The summed E-state index contributed by atoms with van der Waals surface area (Å²) in [5, 5.41) is 13.2. The number of aryl methyl sites for hydroxylation is 1. The summed E-state index contributed by atoms with van der Waals surface area (Å²) < 4.78 is 80.4. The van der Waals surface area contributed by atoms with Crippen molar-refractivity contribution in [2.24, 2.45) is 5.41 Å². The average molecular weight is 453 g/mol. The molecule has 0 bridgehead atoms. The van der Waals surface area contributed by atoms with E-state index in [2.05, 4.69) is 5.32 Å². The zero-order chi connectivity index (χ0) is 22.5. The van der Waals surface area contributed by atoms with Crippen LogP contribution in [0.2, 0.25) is 0 Å². The summed E-state index contributed by atoms with van der Waals surface area (Å²) in [5.41, 5.74) is -1.79. The highest BCUT2D eigenvalue weighted by atomic mass is 32.2. The number of nitrogens with zero attached hydrogens (tertiary/aromatic N) is 1. The SMILES string of the molecule is CC(C)(CCN[C@H]1CCc2cc(O)c(N3CC(=O)NS3(=O)=O)c(F)c2C1)C(F)(F)F. The summed E-state index contributed by atoms with van der Waals surface area (Å²) in [4.78, 5) is 11.4. The fourth-order valence-corrected chi connectivity index (χ4v) is 4.79. The third kappa shape index (κ3) is 4.20. The minimum Gasteiger partial charge on any atom is -0.506 e. The summed E-state index contributed by atoms with van der Waals surface area (Å²) in [7, 11) is -4.31. The van der Waals surface area contributed by atoms with E-state index in [0.717, 1.165) is 13.8 Å². The van der Waals surface area contributed by atoms with Crippen molar-refractivity contribution in [1.82, 2.24) is 10.0 Å². The van der Waals surface area contributed by atoms with Crippen molar-refractivity contribution in [2.45, 2.75) is 51.7 Å². The molecule has 1 saturated heterocycles. The topological polar surface area (TPSA) is 98.7 Å². The van der Waals surface area contributed by atoms with E-state index >= 15 is 4.39 Å². The van der Waals surface area contributed by atoms with Gasteiger partial charge in [-0.15, -0.1) is 0 Å². The molecule has 2 aliphatic rings. The molecule has 1 atom stereocenters. The second-order valence-corrected chi connectivity index (χ2v) is 9.85. The molecule has 1 heterocycles. The van der Waals surface area contributed by atoms with Crippen molar-refractivity contribution in [3.05, 3.63) is 23.0 Å². The van der Waals surface area contributed by atoms with Gasteiger partial charge in [-0.05, 0) is 49.4 Å². The maximum atomic E-state index is 15.2. The standard InChI is InChI=1S/C18H23F4N3O4S/c1-17(2,18(20,21)22)5-6-23-11-4-3-10-7-13(26)16(15(19)12(10)8-11)25-9-14(27)24-30(25,28)29/h7,11,23,26H,3-6,8-9H2,1-2H3,(H,24,27)/t11-/m0/s1. The van der Waals surface area contributed by atoms with E-state index in [9.17, 15) is 31.5 Å². The Morgan fingerprint density at radius 3 is 2.57 bits per heavy atom. The first kappa shape index (κ1) is 22.6. The minimum absolute atomic E-state index is 0.0813. The highest BCUT2D eigenvalue weighted by molar-refractivity contribution is 7.92. The molecular weight excluding hydrogens is 430 g/mol. The van der Waals surface area contributed by atoms with Gasteiger partial charge in [0.2, 0.25) is 0 Å². The van der Waals surface area contributed by atoms with E-state index in [0.29, 0.717) is 22.7 Å². The van der Waals surface area contributed by atoms with E-state index in [-0.39, 0.29) is 31.0 Å². The van der Waals surface area contributed by atoms with Crippen molar-refractivity contribution in [3.63, 3.8) is 0 Å². The molecule has 0 unspecified atom stereocenters. The van der Waals surface area contributed by atoms with Gasteiger partial charge in [0.05, 0.1) is 5.41 Å². The van der Waals surface area contributed by atoms with E-state index in [1.165, 1.54) is 6.07 Å². The van der Waals surface area contributed by atoms with Gasteiger partial charge >= 0.3 is 16.4 Å². The number of aromatic hydroxyl groups is 1. The van der Waals surface area contributed by atoms with Crippen LogP contribution in [0.3, 0.4) is 0 Å². The first-order chi connectivity index (χ1) is 13.7. The zero-order valence-corrected chi connectivity index (χ0v) is 17.3. The van der Waals surface area contributed by atoms with E-state index in [1.54, 1.807) is 4.72 Å². The molecular formula is C18H23F4N3O4S. The summed E-state index contributed by atoms with van der Waals surface area (Å²) >= 11 is 0. The molecule has 1 aromatic carbocycles. The number of nitrogens with one attached hydrogen (secondary N) is 2. The second kappa shape index (κ2) is 7.56. The Morgan fingerprint density at radius 1 is 1.33 bits per heavy atom. The molecule has 30 heavy (non-hydrogen) atoms. The van der Waals surface area contributed by atoms with Gasteiger partial charge in [-0.25, -0.2) is 13.4 Å². The normalized spacial score (nSPS) is 21.5. The molecule has 3 rings (SSSR count). The summed E-state index contributed by atoms with van der Waals surface area (Å²) in [5.74, 6) is -2.39. The van der Waals surface area contributed by atoms with E-state index in [1.807, 2.05) is 0 Å². The van der Waals surface area contributed by atoms with Gasteiger partial charge in [0.25, 0.3) is 5.91 Å². The number of carbonyl (C=O) groups is 1. The van der Waals surface area contributed by atoms with Crippen LogP contribution in [0.15, 0.2) is 6.07 Å². The number of halogens is 4. The molecule has 7 nitrogen and oxygen atoms in total. The van der Waals surface area contributed by atoms with E-state index < -0.39 is 51.5 Å². The molecule has 168 valence electrons. The number of fused-ring (bicyclic) bond motifs is 1. The molecule has 12 heteroatoms. The van der Waals surface area contributed by atoms with E-state index in [4.69, 9.17) is 0 Å². The zero-order valence-electron chi connectivity index (χ0n) is 16.4. The lowest BCUT2D eigenvalue weighted by atomic mass is 9.86. The summed E-state index contributed by atoms with van der Waals surface area (Å²) in [6.07, 6.45) is -3.47. The first-order valence-corrected chi connectivity index (χ1v) is 10.8. The van der Waals surface area contributed by atoms with Crippen LogP contribution in [-0.4, -0.2) is 44.7 Å². The van der Waals surface area contributed by atoms with Gasteiger partial charge in [-0.1, -0.05) is 13.8 Å². The second-order valence-electron chi connectivity index (χ2n) is 8.26. The molecule has 1 aromatic rings. The van der Waals surface area contributed by atoms with Gasteiger partial charge in [0.1, 0.15) is 18.0 Å². The van der Waals surface area contributed by atoms with Crippen LogP contribution < -0.4 is 14.3 Å². The molecule has 1 aliphatic heterocycles. The average Bonchev–Trinajstić information content (AvgIpc) is 2.86. The number of phenolic OH excluding ortho intramolecular Hbond substituents is 1. The smallest absolute Gasteiger partial charge is 0.394 e. The Labute approximate surface area is 171 Å². The highest BCUT2D eigenvalue weighted by Crippen LogP contribution is 2.41.